The van der Waals surface area contributed by atoms with Crippen LogP contribution in [0.15, 0.2) is 54.9 Å². The Kier molecular flexibility index (Phi) is 6.04. The second kappa shape index (κ2) is 9.45. The molecule has 11 heteroatoms. The van der Waals surface area contributed by atoms with Gasteiger partial charge in [0.2, 0.25) is 5.95 Å². The molecular weight excluding hydrogens is 448 g/mol. The first-order chi connectivity index (χ1) is 17.1. The van der Waals surface area contributed by atoms with Gasteiger partial charge in [-0.2, -0.15) is 9.97 Å². The van der Waals surface area contributed by atoms with Gasteiger partial charge >= 0.3 is 0 Å². The molecule has 0 amide bonds. The summed E-state index contributed by atoms with van der Waals surface area (Å²) in [4.78, 5) is 29.4. The predicted octanol–water partition coefficient (Wildman–Crippen LogP) is 3.83. The van der Waals surface area contributed by atoms with Crippen molar-refractivity contribution in [2.24, 2.45) is 0 Å². The fourth-order valence-electron chi connectivity index (χ4n) is 4.18. The minimum absolute atomic E-state index is 0.00858. The molecule has 4 aromatic rings. The van der Waals surface area contributed by atoms with Crippen molar-refractivity contribution in [3.8, 4) is 5.75 Å². The van der Waals surface area contributed by atoms with Crippen LogP contribution < -0.4 is 19.9 Å². The molecule has 1 saturated heterocycles. The van der Waals surface area contributed by atoms with E-state index in [1.807, 2.05) is 23.6 Å². The molecule has 3 heterocycles. The van der Waals surface area contributed by atoms with Crippen LogP contribution in [0, 0.1) is 10.1 Å². The van der Waals surface area contributed by atoms with E-state index in [0.717, 1.165) is 43.3 Å². The summed E-state index contributed by atoms with van der Waals surface area (Å²) >= 11 is 0. The van der Waals surface area contributed by atoms with E-state index in [0.29, 0.717) is 29.5 Å². The number of nitro benzene ring substituents is 1. The highest BCUT2D eigenvalue weighted by atomic mass is 16.6. The summed E-state index contributed by atoms with van der Waals surface area (Å²) in [6.07, 6.45) is 1.74. The molecule has 1 aliphatic rings. The molecule has 2 aromatic heterocycles. The number of hydrogen-bond donors (Lipinski definition) is 1. The van der Waals surface area contributed by atoms with Crippen molar-refractivity contribution in [1.29, 1.82) is 0 Å². The van der Waals surface area contributed by atoms with E-state index in [1.165, 1.54) is 12.1 Å². The van der Waals surface area contributed by atoms with Crippen LogP contribution in [0.2, 0.25) is 0 Å². The number of hydrogen-bond acceptors (Lipinski definition) is 9. The third kappa shape index (κ3) is 4.52. The topological polar surface area (TPSA) is 114 Å². The standard InChI is InChI=1S/C24H26N8O3/c1-3-29-16-25-21-22(26-17-5-4-6-19(15-17)32(33)34)27-24(28-23(21)29)31-13-11-30(12-14-31)18-7-9-20(35-2)10-8-18/h4-10,15-16H,3,11-14H2,1-2H3,(H,26,27,28). The van der Waals surface area contributed by atoms with E-state index in [9.17, 15) is 10.1 Å². The molecule has 0 radical (unpaired) electrons. The molecule has 5 rings (SSSR count). The number of non-ortho nitro benzene ring substituents is 1. The predicted molar refractivity (Wildman–Crippen MR) is 135 cm³/mol. The molecule has 0 atom stereocenters. The number of aromatic nitrogens is 4. The molecule has 11 nitrogen and oxygen atoms in total. The Bertz CT molecular complexity index is 1350. The highest BCUT2D eigenvalue weighted by molar-refractivity contribution is 5.86. The lowest BCUT2D eigenvalue weighted by Gasteiger charge is -2.36. The van der Waals surface area contributed by atoms with Gasteiger partial charge in [0, 0.05) is 56.2 Å². The van der Waals surface area contributed by atoms with Crippen molar-refractivity contribution in [3.63, 3.8) is 0 Å². The zero-order chi connectivity index (χ0) is 24.4. The smallest absolute Gasteiger partial charge is 0.271 e. The largest absolute Gasteiger partial charge is 0.497 e. The summed E-state index contributed by atoms with van der Waals surface area (Å²) in [7, 11) is 1.66. The van der Waals surface area contributed by atoms with Crippen LogP contribution >= 0.6 is 0 Å². The van der Waals surface area contributed by atoms with Gasteiger partial charge in [0.15, 0.2) is 17.0 Å². The summed E-state index contributed by atoms with van der Waals surface area (Å²) in [6, 6.07) is 14.4. The van der Waals surface area contributed by atoms with Gasteiger partial charge in [0.05, 0.1) is 18.4 Å². The van der Waals surface area contributed by atoms with Gasteiger partial charge in [-0.15, -0.1) is 0 Å². The summed E-state index contributed by atoms with van der Waals surface area (Å²) in [5.41, 5.74) is 3.08. The van der Waals surface area contributed by atoms with Crippen LogP contribution in [-0.2, 0) is 6.54 Å². The number of nitro groups is 1. The van der Waals surface area contributed by atoms with Gasteiger partial charge in [-0.1, -0.05) is 6.07 Å². The Morgan fingerprint density at radius 2 is 1.80 bits per heavy atom. The second-order valence-corrected chi connectivity index (χ2v) is 8.18. The fourth-order valence-corrected chi connectivity index (χ4v) is 4.18. The summed E-state index contributed by atoms with van der Waals surface area (Å²) in [6.45, 7) is 5.92. The lowest BCUT2D eigenvalue weighted by Crippen LogP contribution is -2.47. The number of benzene rings is 2. The molecule has 2 aromatic carbocycles. The second-order valence-electron chi connectivity index (χ2n) is 8.18. The number of methoxy groups -OCH3 is 1. The minimum atomic E-state index is -0.416. The molecule has 0 saturated carbocycles. The normalized spacial score (nSPS) is 13.8. The zero-order valence-electron chi connectivity index (χ0n) is 19.6. The van der Waals surface area contributed by atoms with Crippen LogP contribution in [0.3, 0.4) is 0 Å². The molecule has 0 aliphatic carbocycles. The maximum Gasteiger partial charge on any atom is 0.271 e. The van der Waals surface area contributed by atoms with Crippen molar-refractivity contribution in [1.82, 2.24) is 19.5 Å². The average Bonchev–Trinajstić information content (AvgIpc) is 3.32. The summed E-state index contributed by atoms with van der Waals surface area (Å²) in [5, 5.41) is 14.4. The first-order valence-corrected chi connectivity index (χ1v) is 11.4. The number of rotatable bonds is 7. The lowest BCUT2D eigenvalue weighted by molar-refractivity contribution is -0.384. The molecule has 0 unspecified atom stereocenters. The molecule has 0 bridgehead atoms. The molecule has 180 valence electrons. The van der Waals surface area contributed by atoms with Gasteiger partial charge < -0.3 is 24.4 Å². The number of fused-ring (bicyclic) bond motifs is 1. The number of imidazole rings is 1. The van der Waals surface area contributed by atoms with Crippen LogP contribution in [0.5, 0.6) is 5.75 Å². The van der Waals surface area contributed by atoms with Gasteiger partial charge in [0.25, 0.3) is 5.69 Å². The van der Waals surface area contributed by atoms with E-state index in [2.05, 4.69) is 32.2 Å². The van der Waals surface area contributed by atoms with Crippen LogP contribution in [0.1, 0.15) is 6.92 Å². The van der Waals surface area contributed by atoms with Crippen LogP contribution in [0.4, 0.5) is 28.8 Å². The third-order valence-corrected chi connectivity index (χ3v) is 6.11. The first-order valence-electron chi connectivity index (χ1n) is 11.4. The quantitative estimate of drug-likeness (QED) is 0.315. The fraction of sp³-hybridized carbons (Fsp3) is 0.292. The number of ether oxygens (including phenoxy) is 1. The lowest BCUT2D eigenvalue weighted by atomic mass is 10.2. The van der Waals surface area contributed by atoms with Crippen molar-refractivity contribution >= 4 is 40.0 Å². The van der Waals surface area contributed by atoms with E-state index in [-0.39, 0.29) is 5.69 Å². The number of anilines is 4. The maximum absolute atomic E-state index is 11.2. The summed E-state index contributed by atoms with van der Waals surface area (Å²) < 4.78 is 7.23. The molecule has 35 heavy (non-hydrogen) atoms. The zero-order valence-corrected chi connectivity index (χ0v) is 19.6. The number of nitrogens with one attached hydrogen (secondary N) is 1. The molecule has 1 fully saturated rings. The highest BCUT2D eigenvalue weighted by Crippen LogP contribution is 2.28. The van der Waals surface area contributed by atoms with E-state index >= 15 is 0 Å². The maximum atomic E-state index is 11.2. The molecule has 1 aliphatic heterocycles. The average molecular weight is 475 g/mol. The molecule has 0 spiro atoms. The van der Waals surface area contributed by atoms with E-state index < -0.39 is 4.92 Å². The van der Waals surface area contributed by atoms with Crippen molar-refractivity contribution < 1.29 is 9.66 Å². The third-order valence-electron chi connectivity index (χ3n) is 6.11. The Hall–Kier alpha value is -4.41. The first kappa shape index (κ1) is 22.4. The number of piperazine rings is 1. The Labute approximate surface area is 202 Å². The van der Waals surface area contributed by atoms with Gasteiger partial charge in [-0.05, 0) is 37.3 Å². The van der Waals surface area contributed by atoms with Gasteiger partial charge in [0.1, 0.15) is 5.75 Å². The Morgan fingerprint density at radius 1 is 1.06 bits per heavy atom. The van der Waals surface area contributed by atoms with Gasteiger partial charge in [-0.25, -0.2) is 4.98 Å². The Balaban J connectivity index is 1.41. The van der Waals surface area contributed by atoms with Crippen molar-refractivity contribution in [2.75, 3.05) is 48.4 Å². The summed E-state index contributed by atoms with van der Waals surface area (Å²) in [5.74, 6) is 1.97. The van der Waals surface area contributed by atoms with Crippen molar-refractivity contribution in [3.05, 3.63) is 65.0 Å². The molecular formula is C24H26N8O3. The Morgan fingerprint density at radius 3 is 2.49 bits per heavy atom. The van der Waals surface area contributed by atoms with E-state index in [4.69, 9.17) is 14.7 Å². The van der Waals surface area contributed by atoms with Crippen molar-refractivity contribution in [2.45, 2.75) is 13.5 Å². The minimum Gasteiger partial charge on any atom is -0.497 e. The van der Waals surface area contributed by atoms with Gasteiger partial charge in [-0.3, -0.25) is 10.1 Å². The molecule has 1 N–H and O–H groups in total. The number of aryl methyl sites for hydroxylation is 1. The van der Waals surface area contributed by atoms with E-state index in [1.54, 1.807) is 25.6 Å². The number of nitrogens with zero attached hydrogens (tertiary/aromatic N) is 7. The van der Waals surface area contributed by atoms with Crippen LogP contribution in [-0.4, -0.2) is 57.7 Å². The SMILES string of the molecule is CCn1cnc2c(Nc3cccc([N+](=O)[O-])c3)nc(N3CCN(c4ccc(OC)cc4)CC3)nc21. The van der Waals surface area contributed by atoms with Crippen LogP contribution in [0.25, 0.3) is 11.2 Å². The highest BCUT2D eigenvalue weighted by Gasteiger charge is 2.22. The monoisotopic (exact) mass is 474 g/mol.